The van der Waals surface area contributed by atoms with Gasteiger partial charge in [-0.05, 0) is 68.7 Å². The smallest absolute Gasteiger partial charge is 0.313 e. The highest BCUT2D eigenvalue weighted by atomic mass is 32.1. The van der Waals surface area contributed by atoms with Gasteiger partial charge in [-0.25, -0.2) is 0 Å². The van der Waals surface area contributed by atoms with E-state index in [4.69, 9.17) is 37.7 Å². The van der Waals surface area contributed by atoms with Crippen molar-refractivity contribution in [2.75, 3.05) is 20.3 Å². The summed E-state index contributed by atoms with van der Waals surface area (Å²) < 4.78 is 17.2. The second kappa shape index (κ2) is 12.3. The first kappa shape index (κ1) is 27.8. The summed E-state index contributed by atoms with van der Waals surface area (Å²) in [4.78, 5) is 17.4. The normalized spacial score (nSPS) is 12.6. The van der Waals surface area contributed by atoms with Gasteiger partial charge in [0.05, 0.1) is 25.7 Å². The van der Waals surface area contributed by atoms with Crippen LogP contribution in [0.2, 0.25) is 0 Å². The summed E-state index contributed by atoms with van der Waals surface area (Å²) in [5.74, 6) is 0.652. The fraction of sp³-hybridized carbons (Fsp3) is 0.440. The van der Waals surface area contributed by atoms with Gasteiger partial charge in [0, 0.05) is 17.9 Å². The van der Waals surface area contributed by atoms with Crippen molar-refractivity contribution in [3.8, 4) is 11.5 Å². The molecule has 0 spiro atoms. The number of methoxy groups -OCH3 is 1. The van der Waals surface area contributed by atoms with Gasteiger partial charge in [-0.3, -0.25) is 4.79 Å². The molecule has 9 nitrogen and oxygen atoms in total. The Morgan fingerprint density at radius 1 is 1.11 bits per heavy atom. The Balaban J connectivity index is 2.38. The average Bonchev–Trinajstić information content (AvgIpc) is 2.80. The van der Waals surface area contributed by atoms with Crippen LogP contribution >= 0.6 is 12.2 Å². The number of hydrogen-bond acceptors (Lipinski definition) is 6. The van der Waals surface area contributed by atoms with Gasteiger partial charge >= 0.3 is 5.97 Å². The molecule has 0 saturated carbocycles. The van der Waals surface area contributed by atoms with Gasteiger partial charge < -0.3 is 24.8 Å². The minimum Gasteiger partial charge on any atom is -0.493 e. The first-order valence-electron chi connectivity index (χ1n) is 11.1. The van der Waals surface area contributed by atoms with Crippen LogP contribution in [0.5, 0.6) is 11.5 Å². The number of esters is 1. The van der Waals surface area contributed by atoms with Gasteiger partial charge in [-0.2, -0.15) is 0 Å². The van der Waals surface area contributed by atoms with E-state index in [9.17, 15) is 4.79 Å². The highest BCUT2D eigenvalue weighted by Crippen LogP contribution is 2.32. The molecule has 2 aromatic carbocycles. The van der Waals surface area contributed by atoms with Crippen molar-refractivity contribution in [1.29, 1.82) is 0 Å². The van der Waals surface area contributed by atoms with Crippen molar-refractivity contribution in [3.63, 3.8) is 0 Å². The molecule has 2 N–H and O–H groups in total. The van der Waals surface area contributed by atoms with Crippen molar-refractivity contribution in [2.45, 2.75) is 46.4 Å². The minimum atomic E-state index is -1.14. The van der Waals surface area contributed by atoms with E-state index >= 15 is 0 Å². The molecule has 2 rings (SSSR count). The molecule has 0 unspecified atom stereocenters. The van der Waals surface area contributed by atoms with Crippen LogP contribution in [-0.2, 0) is 22.5 Å². The summed E-state index contributed by atoms with van der Waals surface area (Å²) in [6, 6.07) is 15.1. The lowest BCUT2D eigenvalue weighted by Crippen LogP contribution is -2.56. The third-order valence-electron chi connectivity index (χ3n) is 5.22. The summed E-state index contributed by atoms with van der Waals surface area (Å²) in [5.41, 5.74) is 14.5. The zero-order chi connectivity index (χ0) is 26.1. The Morgan fingerprint density at radius 3 is 2.37 bits per heavy atom. The van der Waals surface area contributed by atoms with Crippen LogP contribution in [0.15, 0.2) is 53.6 Å². The maximum absolute atomic E-state index is 12.9. The van der Waals surface area contributed by atoms with Crippen LogP contribution in [0.4, 0.5) is 0 Å². The van der Waals surface area contributed by atoms with Gasteiger partial charge in [0.1, 0.15) is 0 Å². The van der Waals surface area contributed by atoms with Crippen molar-refractivity contribution in [1.82, 2.24) is 4.90 Å². The van der Waals surface area contributed by atoms with Crippen LogP contribution < -0.4 is 15.2 Å². The molecule has 1 atom stereocenters. The lowest BCUT2D eigenvalue weighted by Gasteiger charge is -2.42. The first-order valence-corrected chi connectivity index (χ1v) is 11.6. The molecule has 0 aromatic heterocycles. The molecule has 10 heteroatoms. The van der Waals surface area contributed by atoms with Crippen molar-refractivity contribution in [2.24, 2.45) is 16.3 Å². The van der Waals surface area contributed by atoms with Crippen molar-refractivity contribution >= 4 is 23.3 Å². The quantitative estimate of drug-likeness (QED) is 0.0880. The summed E-state index contributed by atoms with van der Waals surface area (Å²) in [5, 5.41) is 3.56. The SMILES string of the molecule is COc1cc(CN(C(N)=S)[C@](C)(Cc2ccccc2)OC(=O)C(C)(C)C)ccc1OCCN=[N+]=[N-]. The second-order valence-corrected chi connectivity index (χ2v) is 9.61. The molecule has 0 radical (unpaired) electrons. The zero-order valence-corrected chi connectivity index (χ0v) is 21.7. The Hall–Kier alpha value is -3.49. The van der Waals surface area contributed by atoms with Crippen LogP contribution in [0.3, 0.4) is 0 Å². The number of hydrogen-bond donors (Lipinski definition) is 1. The number of nitrogens with two attached hydrogens (primary N) is 1. The maximum atomic E-state index is 12.9. The number of rotatable bonds is 11. The number of carbonyl (C=O) groups is 1. The predicted octanol–water partition coefficient (Wildman–Crippen LogP) is 4.98. The summed E-state index contributed by atoms with van der Waals surface area (Å²) in [6.45, 7) is 7.90. The topological polar surface area (TPSA) is 123 Å². The summed E-state index contributed by atoms with van der Waals surface area (Å²) >= 11 is 5.41. The molecule has 0 bridgehead atoms. The van der Waals surface area contributed by atoms with E-state index in [-0.39, 0.29) is 30.8 Å². The number of nitrogens with zero attached hydrogens (tertiary/aromatic N) is 4. The van der Waals surface area contributed by atoms with E-state index in [1.807, 2.05) is 49.4 Å². The predicted molar refractivity (Wildman–Crippen MR) is 139 cm³/mol. The molecule has 0 aliphatic heterocycles. The van der Waals surface area contributed by atoms with Gasteiger partial charge in [-0.15, -0.1) is 0 Å². The number of benzene rings is 2. The number of carbonyl (C=O) groups excluding carboxylic acids is 1. The third kappa shape index (κ3) is 8.05. The molecule has 0 aliphatic carbocycles. The van der Waals surface area contributed by atoms with E-state index in [1.54, 1.807) is 31.7 Å². The fourth-order valence-electron chi connectivity index (χ4n) is 3.35. The minimum absolute atomic E-state index is 0.0961. The maximum Gasteiger partial charge on any atom is 0.313 e. The molecule has 188 valence electrons. The molecular weight excluding hydrogens is 466 g/mol. The van der Waals surface area contributed by atoms with E-state index in [0.29, 0.717) is 17.9 Å². The second-order valence-electron chi connectivity index (χ2n) is 9.19. The highest BCUT2D eigenvalue weighted by molar-refractivity contribution is 7.80. The Bertz CT molecular complexity index is 1070. The highest BCUT2D eigenvalue weighted by Gasteiger charge is 2.40. The van der Waals surface area contributed by atoms with Crippen molar-refractivity contribution < 1.29 is 19.0 Å². The molecule has 2 aromatic rings. The van der Waals surface area contributed by atoms with Gasteiger partial charge in [-0.1, -0.05) is 41.5 Å². The fourth-order valence-corrected chi connectivity index (χ4v) is 3.60. The van der Waals surface area contributed by atoms with E-state index < -0.39 is 11.1 Å². The van der Waals surface area contributed by atoms with Gasteiger partial charge in [0.25, 0.3) is 0 Å². The van der Waals surface area contributed by atoms with E-state index in [2.05, 4.69) is 10.0 Å². The Morgan fingerprint density at radius 2 is 1.80 bits per heavy atom. The van der Waals surface area contributed by atoms with Crippen LogP contribution in [0, 0.1) is 5.41 Å². The summed E-state index contributed by atoms with van der Waals surface area (Å²) in [7, 11) is 1.54. The van der Waals surface area contributed by atoms with E-state index in [1.165, 1.54) is 7.11 Å². The lowest BCUT2D eigenvalue weighted by molar-refractivity contribution is -0.183. The Labute approximate surface area is 211 Å². The van der Waals surface area contributed by atoms with E-state index in [0.717, 1.165) is 11.1 Å². The molecular formula is C25H33N5O4S. The standard InChI is InChI=1S/C25H33N5O4S/c1-24(2,3)22(31)34-25(4,16-18-9-7-6-8-10-18)30(23(26)35)17-19-11-12-20(21(15-19)32-5)33-14-13-28-29-27/h6-12,15H,13-14,16-17H2,1-5H3,(H2,26,35)/t25-/m0/s1. The zero-order valence-electron chi connectivity index (χ0n) is 20.9. The lowest BCUT2D eigenvalue weighted by atomic mass is 9.96. The number of ether oxygens (including phenoxy) is 3. The van der Waals surface area contributed by atoms with Crippen LogP contribution in [0.25, 0.3) is 10.4 Å². The molecule has 0 amide bonds. The largest absolute Gasteiger partial charge is 0.493 e. The van der Waals surface area contributed by atoms with Gasteiger partial charge in [0.2, 0.25) is 0 Å². The monoisotopic (exact) mass is 499 g/mol. The molecule has 0 heterocycles. The third-order valence-corrected chi connectivity index (χ3v) is 5.44. The summed E-state index contributed by atoms with van der Waals surface area (Å²) in [6.07, 6.45) is 0.380. The molecule has 0 fully saturated rings. The number of thiocarbonyl (C=S) groups is 1. The van der Waals surface area contributed by atoms with Crippen LogP contribution in [-0.4, -0.2) is 42.0 Å². The Kier molecular flexibility index (Phi) is 9.74. The van der Waals surface area contributed by atoms with Crippen LogP contribution in [0.1, 0.15) is 38.8 Å². The van der Waals surface area contributed by atoms with Crippen molar-refractivity contribution in [3.05, 3.63) is 70.1 Å². The first-order chi connectivity index (χ1) is 16.5. The molecule has 35 heavy (non-hydrogen) atoms. The molecule has 0 saturated heterocycles. The number of azide groups is 1. The van der Waals surface area contributed by atoms with Gasteiger partial charge in [0.15, 0.2) is 22.3 Å². The molecule has 0 aliphatic rings. The average molecular weight is 500 g/mol.